The molecule has 0 amide bonds. The molecule has 3 heterocycles. The van der Waals surface area contributed by atoms with Crippen LogP contribution >= 0.6 is 0 Å². The number of carbonyl (C=O) groups excluding carboxylic acids is 1. The Bertz CT molecular complexity index is 964. The highest BCUT2D eigenvalue weighted by atomic mass is 19.1. The molecule has 1 aliphatic heterocycles. The maximum atomic E-state index is 15.0. The van der Waals surface area contributed by atoms with Gasteiger partial charge < -0.3 is 19.8 Å². The molecule has 2 aromatic rings. The molecular formula is C25H39FN2O5. The SMILES string of the molecule is CC.CC.CCOC(=O)c1cc(C2CC2)c2c(CO)c(N3CCCC3)c(F)cn2c1=O.CO. The molecule has 0 bridgehead atoms. The fourth-order valence-electron chi connectivity index (χ4n) is 4.02. The fourth-order valence-corrected chi connectivity index (χ4v) is 4.02. The summed E-state index contributed by atoms with van der Waals surface area (Å²) in [6.45, 7) is 10.9. The lowest BCUT2D eigenvalue weighted by Crippen LogP contribution is -2.28. The number of hydrogen-bond donors (Lipinski definition) is 2. The Morgan fingerprint density at radius 1 is 1.15 bits per heavy atom. The van der Waals surface area contributed by atoms with Gasteiger partial charge in [-0.2, -0.15) is 0 Å². The van der Waals surface area contributed by atoms with Crippen LogP contribution in [0.15, 0.2) is 17.1 Å². The Balaban J connectivity index is 0.000000841. The Hall–Kier alpha value is -2.45. The summed E-state index contributed by atoms with van der Waals surface area (Å²) in [5.41, 5.74) is 1.43. The standard InChI is InChI=1S/C20H23FN2O4.2C2H6.CH4O/c1-2-27-20(26)14-9-13(12-5-6-12)17-15(11-24)18(22-7-3-4-8-22)16(21)10-23(17)19(14)25;3*1-2/h9-10,12,24H,2-8,11H2,1H3;2*1-2H3;2H,1H3. The summed E-state index contributed by atoms with van der Waals surface area (Å²) >= 11 is 0. The number of aliphatic hydroxyl groups excluding tert-OH is 2. The Morgan fingerprint density at radius 3 is 2.21 bits per heavy atom. The largest absolute Gasteiger partial charge is 0.462 e. The Morgan fingerprint density at radius 2 is 1.73 bits per heavy atom. The summed E-state index contributed by atoms with van der Waals surface area (Å²) in [4.78, 5) is 27.1. The monoisotopic (exact) mass is 466 g/mol. The lowest BCUT2D eigenvalue weighted by molar-refractivity contribution is 0.0524. The van der Waals surface area contributed by atoms with Gasteiger partial charge in [0.2, 0.25) is 0 Å². The Labute approximate surface area is 195 Å². The normalized spacial score (nSPS) is 14.4. The van der Waals surface area contributed by atoms with Gasteiger partial charge in [0.05, 0.1) is 30.6 Å². The third kappa shape index (κ3) is 6.12. The number of esters is 1. The molecule has 1 aliphatic carbocycles. The van der Waals surface area contributed by atoms with Gasteiger partial charge >= 0.3 is 5.97 Å². The van der Waals surface area contributed by atoms with E-state index in [-0.39, 0.29) is 24.7 Å². The number of rotatable bonds is 5. The van der Waals surface area contributed by atoms with Crippen LogP contribution in [0.1, 0.15) is 87.7 Å². The van der Waals surface area contributed by atoms with Crippen molar-refractivity contribution in [1.82, 2.24) is 4.40 Å². The smallest absolute Gasteiger partial charge is 0.343 e. The fraction of sp³-hybridized carbons (Fsp3) is 0.600. The van der Waals surface area contributed by atoms with Crippen LogP contribution in [0.5, 0.6) is 0 Å². The van der Waals surface area contributed by atoms with Crippen LogP contribution < -0.4 is 10.5 Å². The third-order valence-electron chi connectivity index (χ3n) is 5.40. The van der Waals surface area contributed by atoms with Gasteiger partial charge in [-0.3, -0.25) is 9.20 Å². The van der Waals surface area contributed by atoms with Crippen molar-refractivity contribution in [2.75, 3.05) is 31.7 Å². The van der Waals surface area contributed by atoms with Crippen LogP contribution in [-0.4, -0.2) is 47.4 Å². The van der Waals surface area contributed by atoms with Gasteiger partial charge in [-0.05, 0) is 50.2 Å². The summed E-state index contributed by atoms with van der Waals surface area (Å²) in [7, 11) is 1.00. The minimum atomic E-state index is -0.701. The predicted octanol–water partition coefficient (Wildman–Crippen LogP) is 4.25. The molecule has 0 spiro atoms. The molecule has 2 aliphatic rings. The predicted molar refractivity (Wildman–Crippen MR) is 130 cm³/mol. The summed E-state index contributed by atoms with van der Waals surface area (Å²) in [5, 5.41) is 17.1. The van der Waals surface area contributed by atoms with Gasteiger partial charge in [0.15, 0.2) is 5.82 Å². The van der Waals surface area contributed by atoms with Crippen molar-refractivity contribution in [3.05, 3.63) is 45.1 Å². The molecule has 186 valence electrons. The van der Waals surface area contributed by atoms with Crippen LogP contribution in [-0.2, 0) is 11.3 Å². The number of anilines is 1. The maximum absolute atomic E-state index is 15.0. The molecule has 0 unspecified atom stereocenters. The second-order valence-corrected chi connectivity index (χ2v) is 7.19. The number of fused-ring (bicyclic) bond motifs is 1. The zero-order valence-corrected chi connectivity index (χ0v) is 20.8. The van der Waals surface area contributed by atoms with E-state index in [0.29, 0.717) is 16.8 Å². The molecular weight excluding hydrogens is 427 g/mol. The minimum Gasteiger partial charge on any atom is -0.462 e. The number of hydrogen-bond acceptors (Lipinski definition) is 6. The van der Waals surface area contributed by atoms with E-state index in [4.69, 9.17) is 9.84 Å². The van der Waals surface area contributed by atoms with E-state index < -0.39 is 17.3 Å². The number of aliphatic hydroxyl groups is 2. The van der Waals surface area contributed by atoms with Crippen molar-refractivity contribution in [2.45, 2.75) is 72.8 Å². The van der Waals surface area contributed by atoms with E-state index in [1.54, 1.807) is 13.0 Å². The summed E-state index contributed by atoms with van der Waals surface area (Å²) in [6, 6.07) is 1.58. The first-order valence-corrected chi connectivity index (χ1v) is 11.9. The molecule has 4 rings (SSSR count). The van der Waals surface area contributed by atoms with Crippen molar-refractivity contribution in [2.24, 2.45) is 0 Å². The zero-order chi connectivity index (χ0) is 25.1. The third-order valence-corrected chi connectivity index (χ3v) is 5.40. The van der Waals surface area contributed by atoms with Gasteiger partial charge in [0.1, 0.15) is 5.56 Å². The average Bonchev–Trinajstić information content (AvgIpc) is 3.56. The van der Waals surface area contributed by atoms with Crippen molar-refractivity contribution in [3.63, 3.8) is 0 Å². The molecule has 0 atom stereocenters. The van der Waals surface area contributed by atoms with E-state index in [2.05, 4.69) is 0 Å². The highest BCUT2D eigenvalue weighted by Gasteiger charge is 2.32. The topological polar surface area (TPSA) is 91.5 Å². The van der Waals surface area contributed by atoms with E-state index in [0.717, 1.165) is 57.6 Å². The number of aromatic nitrogens is 1. The van der Waals surface area contributed by atoms with Crippen molar-refractivity contribution in [1.29, 1.82) is 0 Å². The summed E-state index contributed by atoms with van der Waals surface area (Å²) in [6.07, 6.45) is 4.98. The molecule has 2 fully saturated rings. The molecule has 8 heteroatoms. The van der Waals surface area contributed by atoms with Crippen LogP contribution in [0.25, 0.3) is 5.52 Å². The Kier molecular flexibility index (Phi) is 12.1. The lowest BCUT2D eigenvalue weighted by atomic mass is 10.0. The highest BCUT2D eigenvalue weighted by Crippen LogP contribution is 2.44. The molecule has 0 aromatic carbocycles. The number of ether oxygens (including phenoxy) is 1. The number of pyridine rings is 2. The second-order valence-electron chi connectivity index (χ2n) is 7.19. The lowest BCUT2D eigenvalue weighted by Gasteiger charge is -2.24. The molecule has 0 radical (unpaired) electrons. The van der Waals surface area contributed by atoms with E-state index in [1.807, 2.05) is 32.6 Å². The van der Waals surface area contributed by atoms with E-state index in [1.165, 1.54) is 4.40 Å². The first-order chi connectivity index (χ1) is 16.1. The van der Waals surface area contributed by atoms with Gasteiger partial charge in [0, 0.05) is 25.8 Å². The van der Waals surface area contributed by atoms with Crippen molar-refractivity contribution in [3.8, 4) is 0 Å². The van der Waals surface area contributed by atoms with Crippen LogP contribution in [0, 0.1) is 5.82 Å². The summed E-state index contributed by atoms with van der Waals surface area (Å²) < 4.78 is 21.2. The molecule has 2 aromatic heterocycles. The van der Waals surface area contributed by atoms with Gasteiger partial charge in [-0.25, -0.2) is 9.18 Å². The summed E-state index contributed by atoms with van der Waals surface area (Å²) in [5.74, 6) is -1.05. The molecule has 7 nitrogen and oxygen atoms in total. The first kappa shape index (κ1) is 28.6. The first-order valence-electron chi connectivity index (χ1n) is 11.9. The van der Waals surface area contributed by atoms with Gasteiger partial charge in [-0.15, -0.1) is 0 Å². The second kappa shape index (κ2) is 14.0. The molecule has 1 saturated heterocycles. The quantitative estimate of drug-likeness (QED) is 0.641. The number of halogens is 1. The van der Waals surface area contributed by atoms with Crippen molar-refractivity contribution < 1.29 is 24.1 Å². The van der Waals surface area contributed by atoms with E-state index in [9.17, 15) is 19.1 Å². The molecule has 33 heavy (non-hydrogen) atoms. The van der Waals surface area contributed by atoms with E-state index >= 15 is 0 Å². The molecule has 2 N–H and O–H groups in total. The van der Waals surface area contributed by atoms with Crippen molar-refractivity contribution >= 4 is 17.2 Å². The van der Waals surface area contributed by atoms with Crippen LogP contribution in [0.4, 0.5) is 10.1 Å². The number of nitrogens with zero attached hydrogens (tertiary/aromatic N) is 2. The number of carbonyl (C=O) groups is 1. The average molecular weight is 467 g/mol. The highest BCUT2D eigenvalue weighted by molar-refractivity contribution is 5.90. The molecule has 1 saturated carbocycles. The van der Waals surface area contributed by atoms with Gasteiger partial charge in [-0.1, -0.05) is 27.7 Å². The minimum absolute atomic E-state index is 0.0894. The van der Waals surface area contributed by atoms with Crippen LogP contribution in [0.2, 0.25) is 0 Å². The van der Waals surface area contributed by atoms with Gasteiger partial charge in [0.25, 0.3) is 5.56 Å². The maximum Gasteiger partial charge on any atom is 0.343 e. The van der Waals surface area contributed by atoms with Crippen LogP contribution in [0.3, 0.4) is 0 Å². The zero-order valence-electron chi connectivity index (χ0n) is 20.8.